The first-order valence-corrected chi connectivity index (χ1v) is 6.57. The molecular weight excluding hydrogens is 240 g/mol. The molecule has 2 rings (SSSR count). The number of hydrogen-bond donors (Lipinski definition) is 0. The van der Waals surface area contributed by atoms with Gasteiger partial charge in [0.25, 0.3) is 0 Å². The molecule has 18 heavy (non-hydrogen) atoms. The molecule has 0 atom stereocenters. The van der Waals surface area contributed by atoms with Gasteiger partial charge < -0.3 is 0 Å². The molecule has 2 aromatic carbocycles. The molecule has 0 aliphatic heterocycles. The van der Waals surface area contributed by atoms with Gasteiger partial charge in [0.15, 0.2) is 0 Å². The molecule has 0 aliphatic carbocycles. The van der Waals surface area contributed by atoms with E-state index in [1.54, 1.807) is 6.08 Å². The standard InChI is InChI=1S/C16H14OS/c1-13-6-5-7-14(12-13)10-11-16(17)18-15-8-3-2-4-9-15/h2-12H,1H3/b11-10+. The van der Waals surface area contributed by atoms with Gasteiger partial charge in [0, 0.05) is 4.90 Å². The number of rotatable bonds is 3. The van der Waals surface area contributed by atoms with Gasteiger partial charge in [-0.2, -0.15) is 0 Å². The maximum Gasteiger partial charge on any atom is 0.216 e. The second-order valence-corrected chi connectivity index (χ2v) is 5.06. The minimum absolute atomic E-state index is 0.0442. The van der Waals surface area contributed by atoms with E-state index in [0.717, 1.165) is 10.5 Å². The monoisotopic (exact) mass is 254 g/mol. The van der Waals surface area contributed by atoms with Crippen molar-refractivity contribution in [2.45, 2.75) is 11.8 Å². The van der Waals surface area contributed by atoms with Gasteiger partial charge in [-0.3, -0.25) is 4.79 Å². The number of carbonyl (C=O) groups is 1. The summed E-state index contributed by atoms with van der Waals surface area (Å²) < 4.78 is 0. The second kappa shape index (κ2) is 6.22. The minimum Gasteiger partial charge on any atom is -0.282 e. The van der Waals surface area contributed by atoms with Crippen molar-refractivity contribution < 1.29 is 4.79 Å². The molecule has 0 aromatic heterocycles. The molecule has 1 nitrogen and oxygen atoms in total. The van der Waals surface area contributed by atoms with Crippen LogP contribution in [0, 0.1) is 6.92 Å². The van der Waals surface area contributed by atoms with Crippen molar-refractivity contribution >= 4 is 23.0 Å². The van der Waals surface area contributed by atoms with Crippen molar-refractivity contribution in [2.24, 2.45) is 0 Å². The highest BCUT2D eigenvalue weighted by Crippen LogP contribution is 2.19. The van der Waals surface area contributed by atoms with Crippen molar-refractivity contribution in [2.75, 3.05) is 0 Å². The van der Waals surface area contributed by atoms with E-state index >= 15 is 0 Å². The molecule has 0 aliphatic rings. The van der Waals surface area contributed by atoms with Gasteiger partial charge in [-0.05, 0) is 42.5 Å². The van der Waals surface area contributed by atoms with E-state index in [0.29, 0.717) is 0 Å². The Morgan fingerprint density at radius 2 is 1.83 bits per heavy atom. The summed E-state index contributed by atoms with van der Waals surface area (Å²) in [7, 11) is 0. The van der Waals surface area contributed by atoms with E-state index in [9.17, 15) is 4.79 Å². The predicted octanol–water partition coefficient (Wildman–Crippen LogP) is 4.33. The van der Waals surface area contributed by atoms with E-state index in [4.69, 9.17) is 0 Å². The third-order valence-corrected chi connectivity index (χ3v) is 3.26. The largest absolute Gasteiger partial charge is 0.282 e. The first kappa shape index (κ1) is 12.7. The average molecular weight is 254 g/mol. The van der Waals surface area contributed by atoms with Gasteiger partial charge in [-0.1, -0.05) is 54.1 Å². The quantitative estimate of drug-likeness (QED) is 0.599. The first-order valence-electron chi connectivity index (χ1n) is 5.76. The van der Waals surface area contributed by atoms with Gasteiger partial charge in [-0.25, -0.2) is 0 Å². The van der Waals surface area contributed by atoms with Crippen LogP contribution in [0.25, 0.3) is 6.08 Å². The Hall–Kier alpha value is -1.80. The zero-order valence-electron chi connectivity index (χ0n) is 10.2. The third kappa shape index (κ3) is 3.90. The van der Waals surface area contributed by atoms with E-state index in [1.165, 1.54) is 17.3 Å². The summed E-state index contributed by atoms with van der Waals surface area (Å²) in [6.45, 7) is 2.04. The Bertz CT molecular complexity index is 558. The molecule has 0 unspecified atom stereocenters. The van der Waals surface area contributed by atoms with Crippen LogP contribution in [-0.4, -0.2) is 5.12 Å². The van der Waals surface area contributed by atoms with Crippen LogP contribution in [0.4, 0.5) is 0 Å². The second-order valence-electron chi connectivity index (χ2n) is 3.98. The van der Waals surface area contributed by atoms with Crippen LogP contribution in [-0.2, 0) is 4.79 Å². The van der Waals surface area contributed by atoms with Crippen molar-refractivity contribution in [1.29, 1.82) is 0 Å². The van der Waals surface area contributed by atoms with E-state index in [1.807, 2.05) is 61.5 Å². The summed E-state index contributed by atoms with van der Waals surface area (Å²) in [5, 5.41) is 0.0442. The molecule has 0 fully saturated rings. The van der Waals surface area contributed by atoms with Crippen molar-refractivity contribution in [3.63, 3.8) is 0 Å². The van der Waals surface area contributed by atoms with E-state index < -0.39 is 0 Å². The van der Waals surface area contributed by atoms with Crippen LogP contribution in [0.5, 0.6) is 0 Å². The molecule has 0 amide bonds. The van der Waals surface area contributed by atoms with Crippen LogP contribution in [0.3, 0.4) is 0 Å². The van der Waals surface area contributed by atoms with Crippen LogP contribution in [0.15, 0.2) is 65.6 Å². The van der Waals surface area contributed by atoms with Crippen LogP contribution >= 0.6 is 11.8 Å². The smallest absolute Gasteiger partial charge is 0.216 e. The fraction of sp³-hybridized carbons (Fsp3) is 0.0625. The van der Waals surface area contributed by atoms with Crippen LogP contribution in [0.2, 0.25) is 0 Å². The molecule has 0 bridgehead atoms. The van der Waals surface area contributed by atoms with Crippen molar-refractivity contribution in [1.82, 2.24) is 0 Å². The van der Waals surface area contributed by atoms with Crippen LogP contribution in [0.1, 0.15) is 11.1 Å². The Morgan fingerprint density at radius 1 is 1.06 bits per heavy atom. The van der Waals surface area contributed by atoms with Gasteiger partial charge in [0.05, 0.1) is 0 Å². The number of thioether (sulfide) groups is 1. The zero-order chi connectivity index (χ0) is 12.8. The highest BCUT2D eigenvalue weighted by Gasteiger charge is 1.99. The Labute approximate surface area is 112 Å². The summed E-state index contributed by atoms with van der Waals surface area (Å²) in [5.41, 5.74) is 2.25. The number of aryl methyl sites for hydroxylation is 1. The summed E-state index contributed by atoms with van der Waals surface area (Å²) in [6, 6.07) is 17.7. The van der Waals surface area contributed by atoms with Gasteiger partial charge >= 0.3 is 0 Å². The van der Waals surface area contributed by atoms with Gasteiger partial charge in [0.2, 0.25) is 5.12 Å². The fourth-order valence-electron chi connectivity index (χ4n) is 1.58. The maximum atomic E-state index is 11.7. The third-order valence-electron chi connectivity index (χ3n) is 2.42. The lowest BCUT2D eigenvalue weighted by atomic mass is 10.1. The molecule has 0 saturated heterocycles. The molecule has 0 saturated carbocycles. The highest BCUT2D eigenvalue weighted by molar-refractivity contribution is 8.14. The fourth-order valence-corrected chi connectivity index (χ4v) is 2.24. The number of carbonyl (C=O) groups excluding carboxylic acids is 1. The lowest BCUT2D eigenvalue weighted by Crippen LogP contribution is -1.84. The summed E-state index contributed by atoms with van der Waals surface area (Å²) >= 11 is 1.24. The van der Waals surface area contributed by atoms with Gasteiger partial charge in [-0.15, -0.1) is 0 Å². The summed E-state index contributed by atoms with van der Waals surface area (Å²) in [5.74, 6) is 0. The maximum absolute atomic E-state index is 11.7. The molecule has 0 spiro atoms. The number of benzene rings is 2. The van der Waals surface area contributed by atoms with E-state index in [-0.39, 0.29) is 5.12 Å². The molecule has 2 aromatic rings. The highest BCUT2D eigenvalue weighted by atomic mass is 32.2. The SMILES string of the molecule is Cc1cccc(/C=C/C(=O)Sc2ccccc2)c1. The molecule has 2 heteroatoms. The molecule has 0 radical (unpaired) electrons. The lowest BCUT2D eigenvalue weighted by molar-refractivity contribution is -0.106. The number of hydrogen-bond acceptors (Lipinski definition) is 2. The van der Waals surface area contributed by atoms with Crippen LogP contribution < -0.4 is 0 Å². The molecule has 0 heterocycles. The van der Waals surface area contributed by atoms with E-state index in [2.05, 4.69) is 6.07 Å². The molecular formula is C16H14OS. The predicted molar refractivity (Wildman–Crippen MR) is 77.5 cm³/mol. The lowest BCUT2D eigenvalue weighted by Gasteiger charge is -1.97. The first-order chi connectivity index (χ1) is 8.74. The van der Waals surface area contributed by atoms with Gasteiger partial charge in [0.1, 0.15) is 0 Å². The Kier molecular flexibility index (Phi) is 4.37. The minimum atomic E-state index is 0.0442. The topological polar surface area (TPSA) is 17.1 Å². The normalized spacial score (nSPS) is 10.7. The van der Waals surface area contributed by atoms with Crippen molar-refractivity contribution in [3.05, 3.63) is 71.8 Å². The summed E-state index contributed by atoms with van der Waals surface area (Å²) in [6.07, 6.45) is 3.47. The zero-order valence-corrected chi connectivity index (χ0v) is 11.0. The molecule has 90 valence electrons. The van der Waals surface area contributed by atoms with Crippen molar-refractivity contribution in [3.8, 4) is 0 Å². The summed E-state index contributed by atoms with van der Waals surface area (Å²) in [4.78, 5) is 12.7. The Morgan fingerprint density at radius 3 is 2.56 bits per heavy atom. The average Bonchev–Trinajstić information content (AvgIpc) is 2.38. The Balaban J connectivity index is 1.99. The molecule has 0 N–H and O–H groups in total.